The minimum Gasteiger partial charge on any atom is -0.316 e. The third-order valence-corrected chi connectivity index (χ3v) is 5.63. The topological polar surface area (TPSA) is 34.4 Å². The Kier molecular flexibility index (Phi) is 5.47. The van der Waals surface area contributed by atoms with Gasteiger partial charge in [0, 0.05) is 17.0 Å². The van der Waals surface area contributed by atoms with Gasteiger partial charge in [0.15, 0.2) is 4.80 Å². The number of amides is 1. The zero-order valence-electron chi connectivity index (χ0n) is 16.6. The van der Waals surface area contributed by atoms with Crippen molar-refractivity contribution < 1.29 is 4.79 Å². The van der Waals surface area contributed by atoms with Crippen molar-refractivity contribution in [2.75, 3.05) is 0 Å². The molecule has 0 aliphatic heterocycles. The number of carbonyl (C=O) groups is 1. The monoisotopic (exact) mass is 378 g/mol. The molecule has 1 amide bonds. The van der Waals surface area contributed by atoms with Gasteiger partial charge in [-0.1, -0.05) is 63.2 Å². The highest BCUT2D eigenvalue weighted by molar-refractivity contribution is 7.09. The van der Waals surface area contributed by atoms with Gasteiger partial charge in [0.1, 0.15) is 0 Å². The van der Waals surface area contributed by atoms with E-state index < -0.39 is 0 Å². The maximum absolute atomic E-state index is 12.7. The summed E-state index contributed by atoms with van der Waals surface area (Å²) in [5.41, 5.74) is 4.19. The van der Waals surface area contributed by atoms with Crippen LogP contribution in [0.4, 0.5) is 0 Å². The van der Waals surface area contributed by atoms with Gasteiger partial charge in [-0.25, -0.2) is 0 Å². The second-order valence-electron chi connectivity index (χ2n) is 7.64. The molecule has 0 saturated heterocycles. The van der Waals surface area contributed by atoms with E-state index in [2.05, 4.69) is 56.3 Å². The zero-order chi connectivity index (χ0) is 19.6. The van der Waals surface area contributed by atoms with Crippen LogP contribution in [0.25, 0.3) is 11.3 Å². The first-order valence-corrected chi connectivity index (χ1v) is 10.1. The molecule has 0 radical (unpaired) electrons. The summed E-state index contributed by atoms with van der Waals surface area (Å²) in [5.74, 6) is -0.196. The van der Waals surface area contributed by atoms with Crippen LogP contribution in [0, 0.1) is 6.92 Å². The Labute approximate surface area is 165 Å². The van der Waals surface area contributed by atoms with Gasteiger partial charge in [-0.15, -0.1) is 11.3 Å². The molecule has 1 heterocycles. The fourth-order valence-electron chi connectivity index (χ4n) is 3.12. The van der Waals surface area contributed by atoms with Crippen LogP contribution in [0.3, 0.4) is 0 Å². The van der Waals surface area contributed by atoms with E-state index in [-0.39, 0.29) is 11.3 Å². The van der Waals surface area contributed by atoms with Crippen LogP contribution >= 0.6 is 11.3 Å². The van der Waals surface area contributed by atoms with Gasteiger partial charge >= 0.3 is 0 Å². The molecule has 27 heavy (non-hydrogen) atoms. The van der Waals surface area contributed by atoms with Crippen LogP contribution in [0.5, 0.6) is 0 Å². The molecule has 0 unspecified atom stereocenters. The molecule has 2 aromatic carbocycles. The van der Waals surface area contributed by atoms with Crippen molar-refractivity contribution in [1.29, 1.82) is 0 Å². The predicted octanol–water partition coefficient (Wildman–Crippen LogP) is 5.58. The van der Waals surface area contributed by atoms with Crippen LogP contribution < -0.4 is 4.80 Å². The molecule has 0 atom stereocenters. The highest BCUT2D eigenvalue weighted by Crippen LogP contribution is 2.25. The Bertz CT molecular complexity index is 1000. The molecule has 0 saturated carbocycles. The smallest absolute Gasteiger partial charge is 0.279 e. The number of rotatable bonds is 3. The minimum atomic E-state index is -0.196. The van der Waals surface area contributed by atoms with Gasteiger partial charge in [0.05, 0.1) is 5.69 Å². The molecular weight excluding hydrogens is 352 g/mol. The fraction of sp³-hybridized carbons (Fsp3) is 0.304. The normalized spacial score (nSPS) is 12.4. The van der Waals surface area contributed by atoms with E-state index in [1.807, 2.05) is 42.5 Å². The molecule has 3 aromatic rings. The summed E-state index contributed by atoms with van der Waals surface area (Å²) in [4.78, 5) is 19.1. The highest BCUT2D eigenvalue weighted by atomic mass is 32.1. The van der Waals surface area contributed by atoms with Crippen LogP contribution in [0.15, 0.2) is 59.6 Å². The molecule has 3 rings (SSSR count). The average Bonchev–Trinajstić information content (AvgIpc) is 2.96. The lowest BCUT2D eigenvalue weighted by molar-refractivity contribution is 0.0997. The van der Waals surface area contributed by atoms with Crippen LogP contribution in [0.2, 0.25) is 0 Å². The molecule has 3 nitrogen and oxygen atoms in total. The first-order valence-electron chi connectivity index (χ1n) is 9.26. The first-order chi connectivity index (χ1) is 12.8. The lowest BCUT2D eigenvalue weighted by Crippen LogP contribution is -2.17. The van der Waals surface area contributed by atoms with Gasteiger partial charge in [-0.05, 0) is 42.5 Å². The Hall–Kier alpha value is -2.46. The molecule has 0 fully saturated rings. The average molecular weight is 379 g/mol. The third kappa shape index (κ3) is 4.11. The van der Waals surface area contributed by atoms with E-state index in [4.69, 9.17) is 0 Å². The van der Waals surface area contributed by atoms with E-state index in [1.165, 1.54) is 5.56 Å². The van der Waals surface area contributed by atoms with Crippen molar-refractivity contribution >= 4 is 17.2 Å². The number of aryl methyl sites for hydroxylation is 1. The lowest BCUT2D eigenvalue weighted by atomic mass is 9.87. The Morgan fingerprint density at radius 2 is 1.67 bits per heavy atom. The number of carbonyl (C=O) groups excluding carboxylic acids is 1. The SMILES string of the molecule is CCn1c(-c2ccccc2)c(C)sc1=NC(=O)c1ccc(C(C)(C)C)cc1. The summed E-state index contributed by atoms with van der Waals surface area (Å²) >= 11 is 1.57. The van der Waals surface area contributed by atoms with Crippen molar-refractivity contribution in [3.63, 3.8) is 0 Å². The Morgan fingerprint density at radius 1 is 1.04 bits per heavy atom. The number of nitrogens with zero attached hydrogens (tertiary/aromatic N) is 2. The van der Waals surface area contributed by atoms with Gasteiger partial charge in [-0.2, -0.15) is 4.99 Å². The molecule has 0 bridgehead atoms. The van der Waals surface area contributed by atoms with E-state index in [1.54, 1.807) is 11.3 Å². The molecule has 1 aromatic heterocycles. The summed E-state index contributed by atoms with van der Waals surface area (Å²) in [6.45, 7) is 11.4. The minimum absolute atomic E-state index is 0.0689. The van der Waals surface area contributed by atoms with Crippen LogP contribution in [-0.4, -0.2) is 10.5 Å². The maximum Gasteiger partial charge on any atom is 0.279 e. The zero-order valence-corrected chi connectivity index (χ0v) is 17.4. The van der Waals surface area contributed by atoms with Gasteiger partial charge in [-0.3, -0.25) is 4.79 Å². The number of hydrogen-bond donors (Lipinski definition) is 0. The second kappa shape index (κ2) is 7.65. The van der Waals surface area contributed by atoms with E-state index in [0.29, 0.717) is 5.56 Å². The molecular formula is C23H26N2OS. The predicted molar refractivity (Wildman–Crippen MR) is 113 cm³/mol. The van der Waals surface area contributed by atoms with Crippen LogP contribution in [-0.2, 0) is 12.0 Å². The van der Waals surface area contributed by atoms with Crippen molar-refractivity contribution in [3.05, 3.63) is 75.4 Å². The van der Waals surface area contributed by atoms with Crippen molar-refractivity contribution in [2.24, 2.45) is 4.99 Å². The summed E-state index contributed by atoms with van der Waals surface area (Å²) in [6.07, 6.45) is 0. The number of benzene rings is 2. The summed E-state index contributed by atoms with van der Waals surface area (Å²) in [6, 6.07) is 18.1. The molecule has 4 heteroatoms. The fourth-order valence-corrected chi connectivity index (χ4v) is 4.18. The van der Waals surface area contributed by atoms with Crippen molar-refractivity contribution in [2.45, 2.75) is 46.6 Å². The van der Waals surface area contributed by atoms with Crippen molar-refractivity contribution in [3.8, 4) is 11.3 Å². The third-order valence-electron chi connectivity index (χ3n) is 4.64. The Morgan fingerprint density at radius 3 is 2.22 bits per heavy atom. The molecule has 0 spiro atoms. The Balaban J connectivity index is 2.01. The summed E-state index contributed by atoms with van der Waals surface area (Å²) < 4.78 is 2.12. The highest BCUT2D eigenvalue weighted by Gasteiger charge is 2.15. The molecule has 0 N–H and O–H groups in total. The second-order valence-corrected chi connectivity index (χ2v) is 8.83. The first kappa shape index (κ1) is 19.3. The van der Waals surface area contributed by atoms with Gasteiger partial charge in [0.25, 0.3) is 5.91 Å². The number of aromatic nitrogens is 1. The molecule has 0 aliphatic carbocycles. The molecule has 0 aliphatic rings. The number of hydrogen-bond acceptors (Lipinski definition) is 2. The number of thiazole rings is 1. The lowest BCUT2D eigenvalue weighted by Gasteiger charge is -2.18. The molecule has 140 valence electrons. The van der Waals surface area contributed by atoms with E-state index in [0.717, 1.165) is 27.5 Å². The van der Waals surface area contributed by atoms with E-state index in [9.17, 15) is 4.79 Å². The maximum atomic E-state index is 12.7. The van der Waals surface area contributed by atoms with Crippen molar-refractivity contribution in [1.82, 2.24) is 4.57 Å². The van der Waals surface area contributed by atoms with Crippen LogP contribution in [0.1, 0.15) is 48.5 Å². The largest absolute Gasteiger partial charge is 0.316 e. The van der Waals surface area contributed by atoms with E-state index >= 15 is 0 Å². The summed E-state index contributed by atoms with van der Waals surface area (Å²) in [7, 11) is 0. The standard InChI is InChI=1S/C23H26N2OS/c1-6-25-20(17-10-8-7-9-11-17)16(2)27-22(25)24-21(26)18-12-14-19(15-13-18)23(3,4)5/h7-15H,6H2,1-5H3. The van der Waals surface area contributed by atoms with Gasteiger partial charge in [0.2, 0.25) is 0 Å². The van der Waals surface area contributed by atoms with Gasteiger partial charge < -0.3 is 4.57 Å². The quantitative estimate of drug-likeness (QED) is 0.585. The summed E-state index contributed by atoms with van der Waals surface area (Å²) in [5, 5.41) is 0.